The molecule has 33 heavy (non-hydrogen) atoms. The molecule has 14 nitrogen and oxygen atoms in total. The van der Waals surface area contributed by atoms with Gasteiger partial charge < -0.3 is 42.7 Å². The van der Waals surface area contributed by atoms with E-state index in [1.807, 2.05) is 0 Å². The van der Waals surface area contributed by atoms with Gasteiger partial charge in [-0.05, 0) is 31.8 Å². The average molecular weight is 494 g/mol. The maximum absolute atomic E-state index is 12.6. The van der Waals surface area contributed by atoms with Crippen molar-refractivity contribution in [2.45, 2.75) is 62.9 Å². The van der Waals surface area contributed by atoms with Crippen molar-refractivity contribution >= 4 is 47.3 Å². The fourth-order valence-corrected chi connectivity index (χ4v) is 2.94. The molecule has 0 rings (SSSR count). The highest BCUT2D eigenvalue weighted by Gasteiger charge is 2.32. The number of aliphatic hydroxyl groups excluding tert-OH is 1. The number of carbonyl (C=O) groups is 6. The number of aliphatic hydroxyl groups is 1. The molecule has 0 aliphatic carbocycles. The summed E-state index contributed by atoms with van der Waals surface area (Å²) in [7, 11) is 0. The Morgan fingerprint density at radius 2 is 1.39 bits per heavy atom. The largest absolute Gasteiger partial charge is 0.481 e. The number of hydrogen-bond acceptors (Lipinski definition) is 9. The van der Waals surface area contributed by atoms with Crippen molar-refractivity contribution in [1.82, 2.24) is 16.0 Å². The first-order chi connectivity index (χ1) is 15.3. The number of amides is 4. The van der Waals surface area contributed by atoms with Crippen molar-refractivity contribution in [2.75, 3.05) is 12.0 Å². The molecule has 0 heterocycles. The maximum Gasteiger partial charge on any atom is 0.326 e. The highest BCUT2D eigenvalue weighted by atomic mass is 32.2. The molecular weight excluding hydrogens is 462 g/mol. The molecule has 0 bridgehead atoms. The molecule has 4 amide bonds. The van der Waals surface area contributed by atoms with Crippen LogP contribution in [0.2, 0.25) is 0 Å². The summed E-state index contributed by atoms with van der Waals surface area (Å²) < 4.78 is 0. The van der Waals surface area contributed by atoms with E-state index in [-0.39, 0.29) is 19.3 Å². The zero-order valence-corrected chi connectivity index (χ0v) is 19.1. The van der Waals surface area contributed by atoms with Gasteiger partial charge in [-0.1, -0.05) is 0 Å². The number of carboxylic acid groups (broad SMARTS) is 2. The summed E-state index contributed by atoms with van der Waals surface area (Å²) in [5.74, 6) is -6.16. The van der Waals surface area contributed by atoms with Crippen LogP contribution >= 0.6 is 11.8 Å². The van der Waals surface area contributed by atoms with Gasteiger partial charge in [0, 0.05) is 6.42 Å². The second-order valence-electron chi connectivity index (χ2n) is 7.17. The fourth-order valence-electron chi connectivity index (χ4n) is 2.46. The minimum absolute atomic E-state index is 0.0909. The number of hydrogen-bond donors (Lipinski definition) is 8. The smallest absolute Gasteiger partial charge is 0.326 e. The van der Waals surface area contributed by atoms with Crippen molar-refractivity contribution < 1.29 is 44.1 Å². The first-order valence-corrected chi connectivity index (χ1v) is 11.3. The molecule has 0 aromatic carbocycles. The number of rotatable bonds is 16. The third-order valence-electron chi connectivity index (χ3n) is 4.37. The fraction of sp³-hybridized carbons (Fsp3) is 0.667. The number of carboxylic acids is 2. The van der Waals surface area contributed by atoms with Crippen LogP contribution in [-0.4, -0.2) is 93.2 Å². The molecule has 0 spiro atoms. The molecule has 0 aliphatic heterocycles. The molecule has 10 N–H and O–H groups in total. The Morgan fingerprint density at radius 3 is 1.85 bits per heavy atom. The molecule has 5 unspecified atom stereocenters. The summed E-state index contributed by atoms with van der Waals surface area (Å²) in [4.78, 5) is 71.0. The number of nitrogens with two attached hydrogens (primary N) is 2. The lowest BCUT2D eigenvalue weighted by atomic mass is 10.1. The quantitative estimate of drug-likeness (QED) is 0.106. The van der Waals surface area contributed by atoms with Crippen molar-refractivity contribution in [3.63, 3.8) is 0 Å². The standard InChI is InChI=1S/C18H31N5O9S/c1-8(24)14(20)17(30)23-11(7-13(26)27)16(29)21-9(3-4-12(19)25)15(28)22-10(18(31)32)5-6-33-2/h8-11,14,24H,3-7,20H2,1-2H3,(H2,19,25)(H,21,29)(H,22,28)(H,23,30)(H,26,27)(H,31,32). The number of aliphatic carboxylic acids is 2. The molecule has 0 radical (unpaired) electrons. The van der Waals surface area contributed by atoms with Gasteiger partial charge in [0.15, 0.2) is 0 Å². The summed E-state index contributed by atoms with van der Waals surface area (Å²) in [6.07, 6.45) is -0.974. The monoisotopic (exact) mass is 493 g/mol. The Morgan fingerprint density at radius 1 is 0.879 bits per heavy atom. The van der Waals surface area contributed by atoms with E-state index >= 15 is 0 Å². The van der Waals surface area contributed by atoms with Gasteiger partial charge in [-0.2, -0.15) is 11.8 Å². The molecule has 5 atom stereocenters. The van der Waals surface area contributed by atoms with E-state index < -0.39 is 72.3 Å². The molecule has 0 aromatic heterocycles. The highest BCUT2D eigenvalue weighted by Crippen LogP contribution is 2.05. The number of thioether (sulfide) groups is 1. The van der Waals surface area contributed by atoms with Crippen LogP contribution in [0.15, 0.2) is 0 Å². The Kier molecular flexibility index (Phi) is 13.7. The molecule has 0 aromatic rings. The van der Waals surface area contributed by atoms with Crippen molar-refractivity contribution in [1.29, 1.82) is 0 Å². The lowest BCUT2D eigenvalue weighted by molar-refractivity contribution is -0.143. The summed E-state index contributed by atoms with van der Waals surface area (Å²) in [5.41, 5.74) is 10.6. The maximum atomic E-state index is 12.6. The second kappa shape index (κ2) is 15.0. The minimum atomic E-state index is -1.67. The van der Waals surface area contributed by atoms with Crippen LogP contribution in [0.3, 0.4) is 0 Å². The zero-order chi connectivity index (χ0) is 25.7. The topological polar surface area (TPSA) is 251 Å². The average Bonchev–Trinajstić information content (AvgIpc) is 2.71. The van der Waals surface area contributed by atoms with Gasteiger partial charge in [0.25, 0.3) is 0 Å². The SMILES string of the molecule is CSCCC(NC(=O)C(CCC(N)=O)NC(=O)C(CC(=O)O)NC(=O)C(N)C(C)O)C(=O)O. The summed E-state index contributed by atoms with van der Waals surface area (Å²) in [6.45, 7) is 1.22. The van der Waals surface area contributed by atoms with E-state index in [0.29, 0.717) is 5.75 Å². The van der Waals surface area contributed by atoms with Gasteiger partial charge in [0.05, 0.1) is 12.5 Å². The highest BCUT2D eigenvalue weighted by molar-refractivity contribution is 7.98. The van der Waals surface area contributed by atoms with E-state index in [1.54, 1.807) is 6.26 Å². The Labute approximate surface area is 194 Å². The number of nitrogens with one attached hydrogen (secondary N) is 3. The van der Waals surface area contributed by atoms with Gasteiger partial charge in [-0.3, -0.25) is 24.0 Å². The van der Waals surface area contributed by atoms with Crippen LogP contribution in [0.5, 0.6) is 0 Å². The van der Waals surface area contributed by atoms with Crippen LogP contribution in [-0.2, 0) is 28.8 Å². The first kappa shape index (κ1) is 30.1. The van der Waals surface area contributed by atoms with Crippen LogP contribution < -0.4 is 27.4 Å². The molecule has 0 fully saturated rings. The van der Waals surface area contributed by atoms with Crippen LogP contribution in [0, 0.1) is 0 Å². The van der Waals surface area contributed by atoms with E-state index in [0.717, 1.165) is 0 Å². The molecule has 15 heteroatoms. The number of carbonyl (C=O) groups excluding carboxylic acids is 4. The summed E-state index contributed by atoms with van der Waals surface area (Å²) in [6, 6.07) is -5.83. The first-order valence-electron chi connectivity index (χ1n) is 9.86. The molecule has 0 aliphatic rings. The summed E-state index contributed by atoms with van der Waals surface area (Å²) >= 11 is 1.36. The van der Waals surface area contributed by atoms with Crippen LogP contribution in [0.4, 0.5) is 0 Å². The Hall–Kier alpha value is -2.91. The van der Waals surface area contributed by atoms with Crippen LogP contribution in [0.1, 0.15) is 32.6 Å². The van der Waals surface area contributed by atoms with Crippen LogP contribution in [0.25, 0.3) is 0 Å². The third kappa shape index (κ3) is 12.1. The van der Waals surface area contributed by atoms with Gasteiger partial charge in [0.1, 0.15) is 24.2 Å². The van der Waals surface area contributed by atoms with E-state index in [1.165, 1.54) is 18.7 Å². The Bertz CT molecular complexity index is 734. The molecule has 0 saturated carbocycles. The minimum Gasteiger partial charge on any atom is -0.481 e. The van der Waals surface area contributed by atoms with E-state index in [4.69, 9.17) is 16.6 Å². The molecular formula is C18H31N5O9S. The van der Waals surface area contributed by atoms with Gasteiger partial charge in [0.2, 0.25) is 23.6 Å². The molecule has 188 valence electrons. The summed E-state index contributed by atoms with van der Waals surface area (Å²) in [5, 5.41) is 34.3. The van der Waals surface area contributed by atoms with E-state index in [2.05, 4.69) is 16.0 Å². The third-order valence-corrected chi connectivity index (χ3v) is 5.02. The molecule has 0 saturated heterocycles. The zero-order valence-electron chi connectivity index (χ0n) is 18.3. The van der Waals surface area contributed by atoms with Gasteiger partial charge in [-0.15, -0.1) is 0 Å². The lowest BCUT2D eigenvalue weighted by Crippen LogP contribution is -2.58. The lowest BCUT2D eigenvalue weighted by Gasteiger charge is -2.25. The van der Waals surface area contributed by atoms with Gasteiger partial charge in [-0.25, -0.2) is 4.79 Å². The van der Waals surface area contributed by atoms with E-state index in [9.17, 15) is 39.0 Å². The Balaban J connectivity index is 5.56. The predicted molar refractivity (Wildman–Crippen MR) is 117 cm³/mol. The number of primary amides is 1. The normalized spacial score (nSPS) is 15.3. The van der Waals surface area contributed by atoms with Crippen molar-refractivity contribution in [2.24, 2.45) is 11.5 Å². The predicted octanol–water partition coefficient (Wildman–Crippen LogP) is -3.27. The second-order valence-corrected chi connectivity index (χ2v) is 8.16. The van der Waals surface area contributed by atoms with Crippen molar-refractivity contribution in [3.05, 3.63) is 0 Å². The van der Waals surface area contributed by atoms with Crippen molar-refractivity contribution in [3.8, 4) is 0 Å². The van der Waals surface area contributed by atoms with Gasteiger partial charge >= 0.3 is 11.9 Å².